The lowest BCUT2D eigenvalue weighted by Crippen LogP contribution is -2.24. The summed E-state index contributed by atoms with van der Waals surface area (Å²) < 4.78 is 3.77. The molecule has 0 aliphatic heterocycles. The summed E-state index contributed by atoms with van der Waals surface area (Å²) in [5.74, 6) is -0.137. The molecule has 4 rings (SSSR count). The first-order valence-electron chi connectivity index (χ1n) is 9.00. The van der Waals surface area contributed by atoms with Crippen LogP contribution in [0.4, 0.5) is 0 Å². The summed E-state index contributed by atoms with van der Waals surface area (Å²) in [7, 11) is 0. The number of aryl methyl sites for hydroxylation is 1. The maximum absolute atomic E-state index is 12.7. The molecule has 0 unspecified atom stereocenters. The molecule has 0 saturated heterocycles. The average molecular weight is 359 g/mol. The van der Waals surface area contributed by atoms with E-state index in [2.05, 4.69) is 15.4 Å². The van der Waals surface area contributed by atoms with Crippen LogP contribution in [-0.4, -0.2) is 25.1 Å². The number of carbonyl (C=O) groups is 1. The minimum absolute atomic E-state index is 0.137. The van der Waals surface area contributed by atoms with Gasteiger partial charge in [0.25, 0.3) is 5.91 Å². The van der Waals surface area contributed by atoms with E-state index in [1.807, 2.05) is 77.8 Å². The molecule has 0 fully saturated rings. The van der Waals surface area contributed by atoms with Crippen LogP contribution in [0.3, 0.4) is 0 Å². The highest BCUT2D eigenvalue weighted by atomic mass is 16.1. The van der Waals surface area contributed by atoms with Crippen LogP contribution >= 0.6 is 0 Å². The Morgan fingerprint density at radius 3 is 2.70 bits per heavy atom. The Morgan fingerprint density at radius 1 is 1.15 bits per heavy atom. The summed E-state index contributed by atoms with van der Waals surface area (Å²) in [5.41, 5.74) is 5.32. The fourth-order valence-electron chi connectivity index (χ4n) is 3.15. The molecule has 136 valence electrons. The summed E-state index contributed by atoms with van der Waals surface area (Å²) in [5, 5.41) is 7.39. The second kappa shape index (κ2) is 7.07. The van der Waals surface area contributed by atoms with Crippen molar-refractivity contribution in [3.8, 4) is 5.69 Å². The first-order valence-corrected chi connectivity index (χ1v) is 9.00. The van der Waals surface area contributed by atoms with Crippen molar-refractivity contribution in [3.63, 3.8) is 0 Å². The molecular formula is C21H21N5O. The van der Waals surface area contributed by atoms with E-state index in [0.29, 0.717) is 18.5 Å². The van der Waals surface area contributed by atoms with Crippen LogP contribution < -0.4 is 5.32 Å². The standard InChI is InChI=1S/C21H21N5O/c1-3-19-18(13-23-26(19)17-9-7-15(2)8-10-17)21(27)22-12-16-14-25-11-5-4-6-20(25)24-16/h4-11,13-14H,3,12H2,1-2H3,(H,22,27). The van der Waals surface area contributed by atoms with Crippen LogP contribution in [0.25, 0.3) is 11.3 Å². The van der Waals surface area contributed by atoms with E-state index in [1.165, 1.54) is 5.56 Å². The molecule has 0 aliphatic carbocycles. The van der Waals surface area contributed by atoms with Crippen molar-refractivity contribution in [3.05, 3.63) is 83.6 Å². The second-order valence-electron chi connectivity index (χ2n) is 6.49. The van der Waals surface area contributed by atoms with Crippen molar-refractivity contribution in [1.82, 2.24) is 24.5 Å². The topological polar surface area (TPSA) is 64.2 Å². The quantitative estimate of drug-likeness (QED) is 0.594. The Labute approximate surface area is 157 Å². The molecule has 0 radical (unpaired) electrons. The molecule has 0 aliphatic rings. The van der Waals surface area contributed by atoms with Crippen LogP contribution in [-0.2, 0) is 13.0 Å². The predicted molar refractivity (Wildman–Crippen MR) is 104 cm³/mol. The third-order valence-electron chi connectivity index (χ3n) is 4.57. The molecule has 6 nitrogen and oxygen atoms in total. The molecular weight excluding hydrogens is 338 g/mol. The van der Waals surface area contributed by atoms with Gasteiger partial charge in [-0.3, -0.25) is 4.79 Å². The highest BCUT2D eigenvalue weighted by molar-refractivity contribution is 5.95. The van der Waals surface area contributed by atoms with Gasteiger partial charge in [0.05, 0.1) is 35.4 Å². The van der Waals surface area contributed by atoms with Gasteiger partial charge in [0.2, 0.25) is 0 Å². The molecule has 0 spiro atoms. The number of nitrogens with one attached hydrogen (secondary N) is 1. The number of amides is 1. The summed E-state index contributed by atoms with van der Waals surface area (Å²) in [6, 6.07) is 13.9. The largest absolute Gasteiger partial charge is 0.346 e. The van der Waals surface area contributed by atoms with E-state index >= 15 is 0 Å². The van der Waals surface area contributed by atoms with E-state index < -0.39 is 0 Å². The lowest BCUT2D eigenvalue weighted by Gasteiger charge is -2.08. The Kier molecular flexibility index (Phi) is 4.46. The third-order valence-corrected chi connectivity index (χ3v) is 4.57. The number of rotatable bonds is 5. The van der Waals surface area contributed by atoms with Crippen molar-refractivity contribution in [2.75, 3.05) is 0 Å². The summed E-state index contributed by atoms with van der Waals surface area (Å²) in [4.78, 5) is 17.2. The lowest BCUT2D eigenvalue weighted by molar-refractivity contribution is 0.0949. The van der Waals surface area contributed by atoms with Crippen molar-refractivity contribution in [2.24, 2.45) is 0 Å². The molecule has 1 aromatic carbocycles. The van der Waals surface area contributed by atoms with E-state index in [4.69, 9.17) is 0 Å². The van der Waals surface area contributed by atoms with Gasteiger partial charge in [0.1, 0.15) is 5.65 Å². The molecule has 0 atom stereocenters. The van der Waals surface area contributed by atoms with Crippen molar-refractivity contribution in [1.29, 1.82) is 0 Å². The number of benzene rings is 1. The van der Waals surface area contributed by atoms with Gasteiger partial charge >= 0.3 is 0 Å². The third kappa shape index (κ3) is 3.33. The van der Waals surface area contributed by atoms with E-state index in [0.717, 1.165) is 22.7 Å². The molecule has 3 heterocycles. The smallest absolute Gasteiger partial charge is 0.255 e. The molecule has 1 amide bonds. The fourth-order valence-corrected chi connectivity index (χ4v) is 3.15. The number of fused-ring (bicyclic) bond motifs is 1. The van der Waals surface area contributed by atoms with Crippen LogP contribution in [0.1, 0.15) is 34.2 Å². The van der Waals surface area contributed by atoms with Gasteiger partial charge in [-0.25, -0.2) is 9.67 Å². The highest BCUT2D eigenvalue weighted by Crippen LogP contribution is 2.17. The minimum Gasteiger partial charge on any atom is -0.346 e. The zero-order valence-corrected chi connectivity index (χ0v) is 15.4. The Balaban J connectivity index is 1.54. The maximum Gasteiger partial charge on any atom is 0.255 e. The molecule has 3 aromatic heterocycles. The van der Waals surface area contributed by atoms with Gasteiger partial charge in [-0.15, -0.1) is 0 Å². The predicted octanol–water partition coefficient (Wildman–Crippen LogP) is 3.32. The van der Waals surface area contributed by atoms with E-state index in [1.54, 1.807) is 6.20 Å². The lowest BCUT2D eigenvalue weighted by atomic mass is 10.1. The monoisotopic (exact) mass is 359 g/mol. The normalized spacial score (nSPS) is 11.0. The van der Waals surface area contributed by atoms with Gasteiger partial charge < -0.3 is 9.72 Å². The van der Waals surface area contributed by atoms with Crippen LogP contribution in [0.15, 0.2) is 61.1 Å². The number of carbonyl (C=O) groups excluding carboxylic acids is 1. The number of pyridine rings is 1. The number of nitrogens with zero attached hydrogens (tertiary/aromatic N) is 4. The fraction of sp³-hybridized carbons (Fsp3) is 0.190. The van der Waals surface area contributed by atoms with E-state index in [-0.39, 0.29) is 5.91 Å². The first-order chi connectivity index (χ1) is 13.2. The van der Waals surface area contributed by atoms with E-state index in [9.17, 15) is 4.79 Å². The number of imidazole rings is 1. The van der Waals surface area contributed by atoms with Crippen molar-refractivity contribution < 1.29 is 4.79 Å². The second-order valence-corrected chi connectivity index (χ2v) is 6.49. The zero-order valence-electron chi connectivity index (χ0n) is 15.4. The molecule has 27 heavy (non-hydrogen) atoms. The average Bonchev–Trinajstić information content (AvgIpc) is 3.30. The first kappa shape index (κ1) is 17.0. The molecule has 0 bridgehead atoms. The zero-order chi connectivity index (χ0) is 18.8. The maximum atomic E-state index is 12.7. The van der Waals surface area contributed by atoms with Gasteiger partial charge in [-0.1, -0.05) is 30.7 Å². The van der Waals surface area contributed by atoms with Gasteiger partial charge in [0, 0.05) is 12.4 Å². The van der Waals surface area contributed by atoms with Gasteiger partial charge in [0.15, 0.2) is 0 Å². The van der Waals surface area contributed by atoms with Gasteiger partial charge in [-0.05, 0) is 37.6 Å². The van der Waals surface area contributed by atoms with Crippen molar-refractivity contribution in [2.45, 2.75) is 26.8 Å². The van der Waals surface area contributed by atoms with Crippen LogP contribution in [0.2, 0.25) is 0 Å². The minimum atomic E-state index is -0.137. The highest BCUT2D eigenvalue weighted by Gasteiger charge is 2.17. The molecule has 6 heteroatoms. The SMILES string of the molecule is CCc1c(C(=O)NCc2cn3ccccc3n2)cnn1-c1ccc(C)cc1. The Bertz CT molecular complexity index is 1060. The summed E-state index contributed by atoms with van der Waals surface area (Å²) in [6.45, 7) is 4.45. The molecule has 4 aromatic rings. The Hall–Kier alpha value is -3.41. The Morgan fingerprint density at radius 2 is 1.96 bits per heavy atom. The number of hydrogen-bond acceptors (Lipinski definition) is 3. The molecule has 1 N–H and O–H groups in total. The van der Waals surface area contributed by atoms with Crippen LogP contribution in [0.5, 0.6) is 0 Å². The summed E-state index contributed by atoms with van der Waals surface area (Å²) in [6.07, 6.45) is 6.21. The van der Waals surface area contributed by atoms with Crippen molar-refractivity contribution >= 4 is 11.6 Å². The number of aromatic nitrogens is 4. The van der Waals surface area contributed by atoms with Gasteiger partial charge in [-0.2, -0.15) is 5.10 Å². The molecule has 0 saturated carbocycles. The number of hydrogen-bond donors (Lipinski definition) is 1. The van der Waals surface area contributed by atoms with Crippen LogP contribution in [0, 0.1) is 6.92 Å². The summed E-state index contributed by atoms with van der Waals surface area (Å²) >= 11 is 0.